The molecule has 0 aromatic heterocycles. The number of hydrogen-bond donors (Lipinski definition) is 0. The van der Waals surface area contributed by atoms with E-state index in [-0.39, 0.29) is 11.1 Å². The third-order valence-electron chi connectivity index (χ3n) is 2.08. The van der Waals surface area contributed by atoms with E-state index in [0.717, 1.165) is 19.2 Å². The van der Waals surface area contributed by atoms with Gasteiger partial charge in [-0.15, -0.1) is 0 Å². The molecule has 4 nitrogen and oxygen atoms in total. The lowest BCUT2D eigenvalue weighted by molar-refractivity contribution is 0.0600. The van der Waals surface area contributed by atoms with Crippen molar-refractivity contribution < 1.29 is 23.1 Å². The Morgan fingerprint density at radius 2 is 2.18 bits per heavy atom. The Hall–Kier alpha value is -2.29. The molecule has 0 fully saturated rings. The highest BCUT2D eigenvalue weighted by Gasteiger charge is 2.22. The first-order valence-corrected chi connectivity index (χ1v) is 4.44. The zero-order valence-electron chi connectivity index (χ0n) is 8.74. The van der Waals surface area contributed by atoms with E-state index in [9.17, 15) is 18.4 Å². The number of halogens is 2. The molecule has 0 unspecified atom stereocenters. The molecule has 1 aromatic carbocycles. The fraction of sp³-hybridized carbons (Fsp3) is 0.182. The zero-order valence-corrected chi connectivity index (χ0v) is 8.74. The van der Waals surface area contributed by atoms with Gasteiger partial charge in [-0.2, -0.15) is 5.26 Å². The normalized spacial score (nSPS) is 9.82. The molecule has 0 bridgehead atoms. The van der Waals surface area contributed by atoms with E-state index < -0.39 is 23.5 Å². The van der Waals surface area contributed by atoms with Crippen molar-refractivity contribution in [3.8, 4) is 6.07 Å². The van der Waals surface area contributed by atoms with Crippen LogP contribution in [-0.4, -0.2) is 19.4 Å². The highest BCUT2D eigenvalue weighted by molar-refractivity contribution is 5.95. The van der Waals surface area contributed by atoms with Crippen LogP contribution >= 0.6 is 0 Å². The fourth-order valence-corrected chi connectivity index (χ4v) is 1.32. The van der Waals surface area contributed by atoms with Crippen LogP contribution in [0.1, 0.15) is 38.3 Å². The van der Waals surface area contributed by atoms with Crippen LogP contribution in [0.4, 0.5) is 8.78 Å². The van der Waals surface area contributed by atoms with Crippen molar-refractivity contribution in [1.29, 1.82) is 5.26 Å². The molecule has 17 heavy (non-hydrogen) atoms. The van der Waals surface area contributed by atoms with Crippen molar-refractivity contribution in [2.24, 2.45) is 0 Å². The van der Waals surface area contributed by atoms with Gasteiger partial charge in [0.1, 0.15) is 12.4 Å². The highest BCUT2D eigenvalue weighted by Crippen LogP contribution is 2.26. The molecule has 88 valence electrons. The first-order chi connectivity index (χ1) is 8.04. The van der Waals surface area contributed by atoms with Gasteiger partial charge in [-0.3, -0.25) is 4.79 Å². The summed E-state index contributed by atoms with van der Waals surface area (Å²) in [5, 5.41) is 8.78. The van der Waals surface area contributed by atoms with Crippen LogP contribution in [0, 0.1) is 11.3 Å². The molecule has 0 radical (unpaired) electrons. The summed E-state index contributed by atoms with van der Waals surface area (Å²) >= 11 is 0. The minimum atomic E-state index is -2.95. The lowest BCUT2D eigenvalue weighted by Gasteiger charge is -2.08. The average molecular weight is 239 g/mol. The maximum atomic E-state index is 12.7. The molecule has 6 heteroatoms. The number of aldehydes is 1. The molecule has 1 aromatic rings. The number of carbonyl (C=O) groups is 2. The summed E-state index contributed by atoms with van der Waals surface area (Å²) in [4.78, 5) is 21.9. The number of benzene rings is 1. The Morgan fingerprint density at radius 3 is 2.59 bits per heavy atom. The fourth-order valence-electron chi connectivity index (χ4n) is 1.32. The summed E-state index contributed by atoms with van der Waals surface area (Å²) < 4.78 is 29.7. The van der Waals surface area contributed by atoms with Crippen LogP contribution in [-0.2, 0) is 4.74 Å². The second kappa shape index (κ2) is 5.16. The first kappa shape index (κ1) is 12.8. The Morgan fingerprint density at radius 1 is 1.53 bits per heavy atom. The third kappa shape index (κ3) is 2.45. The summed E-state index contributed by atoms with van der Waals surface area (Å²) in [5.41, 5.74) is -1.58. The summed E-state index contributed by atoms with van der Waals surface area (Å²) in [6, 6.07) is 3.44. The number of nitriles is 1. The van der Waals surface area contributed by atoms with Gasteiger partial charge in [0.2, 0.25) is 0 Å². The Balaban J connectivity index is 3.57. The molecule has 0 N–H and O–H groups in total. The maximum Gasteiger partial charge on any atom is 0.339 e. The Labute approximate surface area is 95.4 Å². The molecular formula is C11H7F2NO3. The van der Waals surface area contributed by atoms with Crippen molar-refractivity contribution in [3.05, 3.63) is 34.4 Å². The van der Waals surface area contributed by atoms with E-state index in [0.29, 0.717) is 6.29 Å². The Kier molecular flexibility index (Phi) is 3.88. The number of rotatable bonds is 3. The maximum absolute atomic E-state index is 12.7. The zero-order chi connectivity index (χ0) is 13.0. The van der Waals surface area contributed by atoms with Gasteiger partial charge in [-0.05, 0) is 12.1 Å². The molecule has 0 amide bonds. The lowest BCUT2D eigenvalue weighted by Crippen LogP contribution is -2.08. The lowest BCUT2D eigenvalue weighted by atomic mass is 9.99. The SMILES string of the molecule is COC(=O)c1cc(C=O)cc(C(F)F)c1C#N. The van der Waals surface area contributed by atoms with Gasteiger partial charge in [-0.25, -0.2) is 13.6 Å². The summed E-state index contributed by atoms with van der Waals surface area (Å²) in [6.07, 6.45) is -2.63. The van der Waals surface area contributed by atoms with E-state index in [4.69, 9.17) is 5.26 Å². The largest absolute Gasteiger partial charge is 0.465 e. The quantitative estimate of drug-likeness (QED) is 0.598. The smallest absolute Gasteiger partial charge is 0.339 e. The molecule has 0 atom stereocenters. The van der Waals surface area contributed by atoms with Crippen molar-refractivity contribution in [3.63, 3.8) is 0 Å². The van der Waals surface area contributed by atoms with E-state index in [2.05, 4.69) is 4.74 Å². The van der Waals surface area contributed by atoms with Gasteiger partial charge in [0.15, 0.2) is 0 Å². The number of ether oxygens (including phenoxy) is 1. The molecule has 0 aliphatic rings. The van der Waals surface area contributed by atoms with E-state index in [1.54, 1.807) is 0 Å². The van der Waals surface area contributed by atoms with Crippen LogP contribution in [0.2, 0.25) is 0 Å². The molecule has 1 rings (SSSR count). The molecular weight excluding hydrogens is 232 g/mol. The van der Waals surface area contributed by atoms with Crippen LogP contribution in [0.25, 0.3) is 0 Å². The van der Waals surface area contributed by atoms with E-state index in [1.807, 2.05) is 0 Å². The second-order valence-corrected chi connectivity index (χ2v) is 3.05. The molecule has 0 spiro atoms. The first-order valence-electron chi connectivity index (χ1n) is 4.44. The van der Waals surface area contributed by atoms with Crippen molar-refractivity contribution in [2.75, 3.05) is 7.11 Å². The monoisotopic (exact) mass is 239 g/mol. The minimum Gasteiger partial charge on any atom is -0.465 e. The van der Waals surface area contributed by atoms with Gasteiger partial charge in [0.05, 0.1) is 18.2 Å². The van der Waals surface area contributed by atoms with Crippen LogP contribution < -0.4 is 0 Å². The molecule has 0 saturated heterocycles. The third-order valence-corrected chi connectivity index (χ3v) is 2.08. The highest BCUT2D eigenvalue weighted by atomic mass is 19.3. The van der Waals surface area contributed by atoms with Crippen LogP contribution in [0.5, 0.6) is 0 Å². The predicted octanol–water partition coefficient (Wildman–Crippen LogP) is 2.09. The number of nitrogens with zero attached hydrogens (tertiary/aromatic N) is 1. The molecule has 0 heterocycles. The van der Waals surface area contributed by atoms with E-state index >= 15 is 0 Å². The summed E-state index contributed by atoms with van der Waals surface area (Å²) in [6.45, 7) is 0. The van der Waals surface area contributed by atoms with Crippen LogP contribution in [0.15, 0.2) is 12.1 Å². The van der Waals surface area contributed by atoms with Crippen molar-refractivity contribution in [2.45, 2.75) is 6.43 Å². The van der Waals surface area contributed by atoms with Crippen molar-refractivity contribution >= 4 is 12.3 Å². The van der Waals surface area contributed by atoms with Crippen LogP contribution in [0.3, 0.4) is 0 Å². The second-order valence-electron chi connectivity index (χ2n) is 3.05. The molecule has 0 aliphatic heterocycles. The summed E-state index contributed by atoms with van der Waals surface area (Å²) in [7, 11) is 1.05. The number of methoxy groups -OCH3 is 1. The summed E-state index contributed by atoms with van der Waals surface area (Å²) in [5.74, 6) is -0.938. The number of hydrogen-bond acceptors (Lipinski definition) is 4. The molecule has 0 saturated carbocycles. The van der Waals surface area contributed by atoms with E-state index in [1.165, 1.54) is 6.07 Å². The van der Waals surface area contributed by atoms with Gasteiger partial charge >= 0.3 is 5.97 Å². The minimum absolute atomic E-state index is 0.111. The van der Waals surface area contributed by atoms with Gasteiger partial charge < -0.3 is 4.74 Å². The van der Waals surface area contributed by atoms with Gasteiger partial charge in [-0.1, -0.05) is 0 Å². The topological polar surface area (TPSA) is 67.2 Å². The van der Waals surface area contributed by atoms with Gasteiger partial charge in [0, 0.05) is 11.1 Å². The predicted molar refractivity (Wildman–Crippen MR) is 52.8 cm³/mol. The average Bonchev–Trinajstić information content (AvgIpc) is 2.35. The Bertz CT molecular complexity index is 506. The number of esters is 1. The van der Waals surface area contributed by atoms with Gasteiger partial charge in [0.25, 0.3) is 6.43 Å². The number of carbonyl (C=O) groups excluding carboxylic acids is 2. The molecule has 0 aliphatic carbocycles. The standard InChI is InChI=1S/C11H7F2NO3/c1-17-11(16)8-3-6(5-15)2-7(10(12)13)9(8)4-14/h2-3,5,10H,1H3. The number of alkyl halides is 2. The van der Waals surface area contributed by atoms with Crippen molar-refractivity contribution in [1.82, 2.24) is 0 Å².